The van der Waals surface area contributed by atoms with Gasteiger partial charge in [-0.15, -0.1) is 0 Å². The van der Waals surface area contributed by atoms with Crippen molar-refractivity contribution >= 4 is 29.3 Å². The minimum absolute atomic E-state index is 0.0991. The van der Waals surface area contributed by atoms with Gasteiger partial charge in [-0.05, 0) is 57.5 Å². The molecule has 2 aromatic carbocycles. The lowest BCUT2D eigenvalue weighted by Crippen LogP contribution is -2.45. The molecule has 0 saturated heterocycles. The second-order valence-electron chi connectivity index (χ2n) is 7.85. The molecule has 0 aliphatic heterocycles. The summed E-state index contributed by atoms with van der Waals surface area (Å²) in [6.07, 6.45) is -0.556. The van der Waals surface area contributed by atoms with Gasteiger partial charge in [0.25, 0.3) is 5.91 Å². The quantitative estimate of drug-likeness (QED) is 0.480. The predicted octanol–water partition coefficient (Wildman–Crippen LogP) is 3.96. The summed E-state index contributed by atoms with van der Waals surface area (Å²) < 4.78 is 32.9. The smallest absolute Gasteiger partial charge is 0.408 e. The van der Waals surface area contributed by atoms with Gasteiger partial charge in [0.15, 0.2) is 0 Å². The lowest BCUT2D eigenvalue weighted by Gasteiger charge is -2.23. The van der Waals surface area contributed by atoms with Crippen molar-refractivity contribution in [1.29, 1.82) is 0 Å². The Labute approximate surface area is 184 Å². The first-order chi connectivity index (χ1) is 15.0. The van der Waals surface area contributed by atoms with Crippen molar-refractivity contribution in [2.24, 2.45) is 0 Å². The van der Waals surface area contributed by atoms with Crippen LogP contribution in [0.3, 0.4) is 0 Å². The third kappa shape index (κ3) is 7.22. The van der Waals surface area contributed by atoms with E-state index in [0.717, 1.165) is 12.1 Å². The van der Waals surface area contributed by atoms with Gasteiger partial charge >= 0.3 is 6.09 Å². The van der Waals surface area contributed by atoms with Gasteiger partial charge in [-0.25, -0.2) is 13.6 Å². The Kier molecular flexibility index (Phi) is 8.11. The van der Waals surface area contributed by atoms with E-state index in [1.165, 1.54) is 30.3 Å². The van der Waals surface area contributed by atoms with Crippen LogP contribution in [-0.4, -0.2) is 29.6 Å². The molecule has 0 aliphatic carbocycles. The summed E-state index contributed by atoms with van der Waals surface area (Å²) in [5.74, 6) is -2.95. The molecule has 3 amide bonds. The summed E-state index contributed by atoms with van der Waals surface area (Å²) >= 11 is 0. The number of hydrazine groups is 1. The highest BCUT2D eigenvalue weighted by Crippen LogP contribution is 2.20. The number of carbonyl (C=O) groups excluding carboxylic acids is 3. The van der Waals surface area contributed by atoms with Crippen molar-refractivity contribution in [1.82, 2.24) is 10.7 Å². The number of carbonyl (C=O) groups is 3. The lowest BCUT2D eigenvalue weighted by molar-refractivity contribution is -0.118. The van der Waals surface area contributed by atoms with Gasteiger partial charge in [0, 0.05) is 0 Å². The molecule has 0 spiro atoms. The summed E-state index contributed by atoms with van der Waals surface area (Å²) in [4.78, 5) is 37.2. The van der Waals surface area contributed by atoms with Gasteiger partial charge in [-0.3, -0.25) is 20.4 Å². The number of amides is 3. The molecule has 172 valence electrons. The Balaban J connectivity index is 2.12. The minimum Gasteiger partial charge on any atom is -0.444 e. The van der Waals surface area contributed by atoms with E-state index < -0.39 is 46.7 Å². The first kappa shape index (κ1) is 24.6. The van der Waals surface area contributed by atoms with Crippen LogP contribution in [0.5, 0.6) is 0 Å². The average Bonchev–Trinajstić information content (AvgIpc) is 2.69. The Hall–Kier alpha value is -3.69. The van der Waals surface area contributed by atoms with Gasteiger partial charge in [0.1, 0.15) is 28.8 Å². The van der Waals surface area contributed by atoms with E-state index in [9.17, 15) is 23.2 Å². The van der Waals surface area contributed by atoms with Crippen LogP contribution in [0.2, 0.25) is 0 Å². The van der Waals surface area contributed by atoms with E-state index in [-0.39, 0.29) is 17.8 Å². The van der Waals surface area contributed by atoms with Crippen LogP contribution in [0.1, 0.15) is 44.5 Å². The summed E-state index contributed by atoms with van der Waals surface area (Å²) in [6, 6.07) is 8.05. The number of alkyl carbamates (subject to hydrolysis) is 1. The Morgan fingerprint density at radius 3 is 2.38 bits per heavy atom. The van der Waals surface area contributed by atoms with Crippen molar-refractivity contribution in [3.8, 4) is 0 Å². The molecule has 0 aliphatic rings. The molecule has 2 rings (SSSR count). The molecule has 4 N–H and O–H groups in total. The number of benzene rings is 2. The molecular weight excluding hydrogens is 422 g/mol. The van der Waals surface area contributed by atoms with E-state index in [1.807, 2.05) is 0 Å². The van der Waals surface area contributed by atoms with Gasteiger partial charge < -0.3 is 15.4 Å². The van der Waals surface area contributed by atoms with Crippen molar-refractivity contribution in [2.75, 3.05) is 10.7 Å². The van der Waals surface area contributed by atoms with Gasteiger partial charge in [-0.1, -0.05) is 19.1 Å². The number of hydrogen-bond donors (Lipinski definition) is 4. The molecule has 0 unspecified atom stereocenters. The molecule has 8 nitrogen and oxygen atoms in total. The molecule has 2 aromatic rings. The Morgan fingerprint density at radius 1 is 1.06 bits per heavy atom. The fraction of sp³-hybridized carbons (Fsp3) is 0.318. The second-order valence-corrected chi connectivity index (χ2v) is 7.85. The van der Waals surface area contributed by atoms with E-state index in [4.69, 9.17) is 4.74 Å². The first-order valence-corrected chi connectivity index (χ1v) is 9.91. The predicted molar refractivity (Wildman–Crippen MR) is 116 cm³/mol. The monoisotopic (exact) mass is 448 g/mol. The van der Waals surface area contributed by atoms with E-state index in [0.29, 0.717) is 0 Å². The standard InChI is InChI=1S/C22H26F2N4O4/c1-5-16(26-21(31)32-22(2,3)4)19(29)25-17-11-7-10-15(24)18(17)20(30)28-27-14-9-6-8-13(23)12-14/h6-12,16,27H,5H2,1-4H3,(H,25,29)(H,26,31)(H,28,30)/t16-/m0/s1. The Morgan fingerprint density at radius 2 is 1.75 bits per heavy atom. The maximum absolute atomic E-state index is 14.4. The molecule has 0 heterocycles. The number of rotatable bonds is 7. The molecular formula is C22H26F2N4O4. The molecule has 32 heavy (non-hydrogen) atoms. The summed E-state index contributed by atoms with van der Waals surface area (Å²) in [7, 11) is 0. The van der Waals surface area contributed by atoms with Crippen molar-refractivity contribution < 1.29 is 27.9 Å². The van der Waals surface area contributed by atoms with Crippen LogP contribution in [0.25, 0.3) is 0 Å². The van der Waals surface area contributed by atoms with E-state index in [1.54, 1.807) is 27.7 Å². The fourth-order valence-corrected chi connectivity index (χ4v) is 2.64. The zero-order valence-corrected chi connectivity index (χ0v) is 18.2. The highest BCUT2D eigenvalue weighted by atomic mass is 19.1. The second kappa shape index (κ2) is 10.6. The minimum atomic E-state index is -0.977. The normalized spacial score (nSPS) is 11.8. The fourth-order valence-electron chi connectivity index (χ4n) is 2.64. The van der Waals surface area contributed by atoms with Crippen LogP contribution >= 0.6 is 0 Å². The highest BCUT2D eigenvalue weighted by Gasteiger charge is 2.25. The number of anilines is 2. The lowest BCUT2D eigenvalue weighted by atomic mass is 10.1. The zero-order chi connectivity index (χ0) is 23.9. The summed E-state index contributed by atoms with van der Waals surface area (Å²) in [5.41, 5.74) is 3.70. The van der Waals surface area contributed by atoms with Crippen molar-refractivity contribution in [3.05, 3.63) is 59.7 Å². The molecule has 0 radical (unpaired) electrons. The highest BCUT2D eigenvalue weighted by molar-refractivity contribution is 6.05. The maximum Gasteiger partial charge on any atom is 0.408 e. The number of ether oxygens (including phenoxy) is 1. The first-order valence-electron chi connectivity index (χ1n) is 9.91. The molecule has 0 bridgehead atoms. The topological polar surface area (TPSA) is 109 Å². The molecule has 1 atom stereocenters. The summed E-state index contributed by atoms with van der Waals surface area (Å²) in [5, 5.41) is 4.90. The molecule has 10 heteroatoms. The Bertz CT molecular complexity index is 992. The van der Waals surface area contributed by atoms with Crippen LogP contribution in [0, 0.1) is 11.6 Å². The van der Waals surface area contributed by atoms with Gasteiger partial charge in [0.2, 0.25) is 5.91 Å². The summed E-state index contributed by atoms with van der Waals surface area (Å²) in [6.45, 7) is 6.72. The zero-order valence-electron chi connectivity index (χ0n) is 18.2. The van der Waals surface area contributed by atoms with Crippen LogP contribution in [0.4, 0.5) is 25.0 Å². The number of halogens is 2. The molecule has 0 fully saturated rings. The SMILES string of the molecule is CC[C@H](NC(=O)OC(C)(C)C)C(=O)Nc1cccc(F)c1C(=O)NNc1cccc(F)c1. The molecule has 0 aromatic heterocycles. The van der Waals surface area contributed by atoms with Crippen molar-refractivity contribution in [3.63, 3.8) is 0 Å². The van der Waals surface area contributed by atoms with Crippen molar-refractivity contribution in [2.45, 2.75) is 45.8 Å². The van der Waals surface area contributed by atoms with Gasteiger partial charge in [0.05, 0.1) is 11.4 Å². The third-order valence-corrected chi connectivity index (χ3v) is 4.06. The largest absolute Gasteiger partial charge is 0.444 e. The third-order valence-electron chi connectivity index (χ3n) is 4.06. The average molecular weight is 448 g/mol. The molecule has 0 saturated carbocycles. The van der Waals surface area contributed by atoms with E-state index in [2.05, 4.69) is 21.5 Å². The van der Waals surface area contributed by atoms with Crippen LogP contribution < -0.4 is 21.5 Å². The van der Waals surface area contributed by atoms with Crippen LogP contribution in [-0.2, 0) is 9.53 Å². The van der Waals surface area contributed by atoms with E-state index >= 15 is 0 Å². The number of hydrogen-bond acceptors (Lipinski definition) is 5. The van der Waals surface area contributed by atoms with Crippen LogP contribution in [0.15, 0.2) is 42.5 Å². The maximum atomic E-state index is 14.4. The van der Waals surface area contributed by atoms with Gasteiger partial charge in [-0.2, -0.15) is 0 Å². The number of nitrogens with one attached hydrogen (secondary N) is 4.